The Hall–Kier alpha value is -2.69. The zero-order valence-electron chi connectivity index (χ0n) is 14.7. The van der Waals surface area contributed by atoms with Crippen molar-refractivity contribution in [2.24, 2.45) is 0 Å². The predicted octanol–water partition coefficient (Wildman–Crippen LogP) is 3.32. The summed E-state index contributed by atoms with van der Waals surface area (Å²) < 4.78 is 5.57. The number of rotatable bonds is 5. The minimum Gasteiger partial charge on any atom is -0.488 e. The summed E-state index contributed by atoms with van der Waals surface area (Å²) in [6, 6.07) is 11.7. The molecule has 0 saturated heterocycles. The number of aromatic nitrogens is 2. The summed E-state index contributed by atoms with van der Waals surface area (Å²) in [5, 5.41) is 0. The fourth-order valence-electron chi connectivity index (χ4n) is 2.83. The van der Waals surface area contributed by atoms with Gasteiger partial charge in [0.1, 0.15) is 0 Å². The van der Waals surface area contributed by atoms with Crippen molar-refractivity contribution >= 4 is 5.91 Å². The van der Waals surface area contributed by atoms with E-state index in [0.29, 0.717) is 25.5 Å². The quantitative estimate of drug-likeness (QED) is 0.840. The number of carbonyl (C=O) groups excluding carboxylic acids is 1. The summed E-state index contributed by atoms with van der Waals surface area (Å²) in [7, 11) is 0. The minimum atomic E-state index is -0.105. The summed E-state index contributed by atoms with van der Waals surface area (Å²) >= 11 is 0. The van der Waals surface area contributed by atoms with Crippen molar-refractivity contribution in [1.82, 2.24) is 14.9 Å². The lowest BCUT2D eigenvalue weighted by molar-refractivity contribution is -0.132. The van der Waals surface area contributed by atoms with Gasteiger partial charge in [-0.15, -0.1) is 0 Å². The third kappa shape index (κ3) is 4.66. The van der Waals surface area contributed by atoms with Crippen molar-refractivity contribution in [2.75, 3.05) is 6.61 Å². The molecule has 2 aromatic heterocycles. The number of amides is 1. The van der Waals surface area contributed by atoms with Gasteiger partial charge in [0.25, 0.3) is 5.91 Å². The summed E-state index contributed by atoms with van der Waals surface area (Å²) in [5.41, 5.74) is 3.59. The van der Waals surface area contributed by atoms with E-state index in [-0.39, 0.29) is 5.91 Å². The summed E-state index contributed by atoms with van der Waals surface area (Å²) in [5.74, 6) is 0.331. The average molecular weight is 337 g/mol. The summed E-state index contributed by atoms with van der Waals surface area (Å²) in [6.45, 7) is 5.35. The van der Waals surface area contributed by atoms with E-state index >= 15 is 0 Å². The lowest BCUT2D eigenvalue weighted by Gasteiger charge is -2.25. The van der Waals surface area contributed by atoms with Crippen molar-refractivity contribution in [2.45, 2.75) is 39.8 Å². The van der Waals surface area contributed by atoms with Gasteiger partial charge in [-0.1, -0.05) is 12.1 Å². The summed E-state index contributed by atoms with van der Waals surface area (Å²) in [4.78, 5) is 23.8. The van der Waals surface area contributed by atoms with Crippen molar-refractivity contribution in [3.8, 4) is 0 Å². The number of hydrogen-bond donors (Lipinski definition) is 0. The van der Waals surface area contributed by atoms with Crippen LogP contribution >= 0.6 is 0 Å². The van der Waals surface area contributed by atoms with Crippen LogP contribution in [0.5, 0.6) is 0 Å². The van der Waals surface area contributed by atoms with Gasteiger partial charge in [0, 0.05) is 11.4 Å². The highest BCUT2D eigenvalue weighted by Gasteiger charge is 2.22. The van der Waals surface area contributed by atoms with Crippen LogP contribution in [0, 0.1) is 13.8 Å². The van der Waals surface area contributed by atoms with Gasteiger partial charge in [-0.3, -0.25) is 14.8 Å². The molecule has 1 aliphatic heterocycles. The maximum Gasteiger partial charge on any atom is 0.289 e. The van der Waals surface area contributed by atoms with Crippen molar-refractivity contribution in [1.29, 1.82) is 0 Å². The van der Waals surface area contributed by atoms with Gasteiger partial charge < -0.3 is 9.64 Å². The third-order valence-corrected chi connectivity index (χ3v) is 4.03. The summed E-state index contributed by atoms with van der Waals surface area (Å²) in [6.07, 6.45) is 3.71. The number of nitrogens with zero attached hydrogens (tertiary/aromatic N) is 3. The van der Waals surface area contributed by atoms with E-state index < -0.39 is 0 Å². The van der Waals surface area contributed by atoms with Crippen LogP contribution in [0.3, 0.4) is 0 Å². The first kappa shape index (κ1) is 17.1. The molecule has 0 spiro atoms. The number of ether oxygens (including phenoxy) is 1. The molecule has 2 aromatic rings. The zero-order chi connectivity index (χ0) is 17.6. The molecule has 0 fully saturated rings. The van der Waals surface area contributed by atoms with Crippen LogP contribution in [0.2, 0.25) is 0 Å². The Balaban J connectivity index is 1.84. The molecule has 3 heterocycles. The highest BCUT2D eigenvalue weighted by atomic mass is 16.5. The number of pyridine rings is 2. The molecule has 0 N–H and O–H groups in total. The largest absolute Gasteiger partial charge is 0.488 e. The third-order valence-electron chi connectivity index (χ3n) is 4.03. The Kier molecular flexibility index (Phi) is 5.43. The van der Waals surface area contributed by atoms with Crippen LogP contribution in [0.1, 0.15) is 35.6 Å². The molecule has 0 atom stereocenters. The first-order chi connectivity index (χ1) is 12.1. The van der Waals surface area contributed by atoms with Crippen molar-refractivity contribution in [3.63, 3.8) is 0 Å². The Bertz CT molecular complexity index is 739. The van der Waals surface area contributed by atoms with Crippen molar-refractivity contribution in [3.05, 3.63) is 71.0 Å². The van der Waals surface area contributed by atoms with Crippen LogP contribution in [0.25, 0.3) is 0 Å². The fraction of sp³-hybridized carbons (Fsp3) is 0.350. The van der Waals surface area contributed by atoms with Crippen LogP contribution in [-0.4, -0.2) is 27.4 Å². The average Bonchev–Trinajstić information content (AvgIpc) is 2.61. The van der Waals surface area contributed by atoms with Crippen molar-refractivity contribution < 1.29 is 9.53 Å². The molecule has 0 aliphatic carbocycles. The first-order valence-corrected chi connectivity index (χ1v) is 8.59. The normalized spacial score (nSPS) is 13.8. The minimum absolute atomic E-state index is 0.105. The van der Waals surface area contributed by atoms with E-state index in [9.17, 15) is 4.79 Å². The molecule has 0 radical (unpaired) electrons. The van der Waals surface area contributed by atoms with Crippen LogP contribution in [-0.2, 0) is 22.6 Å². The number of allylic oxidation sites excluding steroid dienone is 1. The Morgan fingerprint density at radius 1 is 1.04 bits per heavy atom. The molecule has 0 bridgehead atoms. The SMILES string of the molecule is Cc1cccc(CN(Cc2cccc(C)n2)C(=O)C2=CCCCO2)n1. The lowest BCUT2D eigenvalue weighted by Crippen LogP contribution is -2.33. The zero-order valence-corrected chi connectivity index (χ0v) is 14.7. The first-order valence-electron chi connectivity index (χ1n) is 8.59. The van der Waals surface area contributed by atoms with Gasteiger partial charge in [-0.2, -0.15) is 0 Å². The van der Waals surface area contributed by atoms with Gasteiger partial charge in [-0.25, -0.2) is 0 Å². The monoisotopic (exact) mass is 337 g/mol. The van der Waals surface area contributed by atoms with E-state index in [1.165, 1.54) is 0 Å². The van der Waals surface area contributed by atoms with E-state index in [0.717, 1.165) is 35.6 Å². The second kappa shape index (κ2) is 7.92. The molecule has 5 nitrogen and oxygen atoms in total. The maximum absolute atomic E-state index is 13.0. The van der Waals surface area contributed by atoms with Gasteiger partial charge in [-0.05, 0) is 57.0 Å². The van der Waals surface area contributed by atoms with E-state index in [4.69, 9.17) is 4.74 Å². The Labute approximate surface area is 148 Å². The van der Waals surface area contributed by atoms with Gasteiger partial charge in [0.05, 0.1) is 31.1 Å². The number of aryl methyl sites for hydroxylation is 2. The molecular weight excluding hydrogens is 314 g/mol. The van der Waals surface area contributed by atoms with Crippen LogP contribution in [0.15, 0.2) is 48.2 Å². The molecule has 3 rings (SSSR count). The topological polar surface area (TPSA) is 55.3 Å². The molecule has 130 valence electrons. The molecule has 25 heavy (non-hydrogen) atoms. The highest BCUT2D eigenvalue weighted by molar-refractivity contribution is 5.91. The molecular formula is C20H23N3O2. The second-order valence-electron chi connectivity index (χ2n) is 6.26. The van der Waals surface area contributed by atoms with Gasteiger partial charge in [0.15, 0.2) is 5.76 Å². The van der Waals surface area contributed by atoms with E-state index in [2.05, 4.69) is 9.97 Å². The van der Waals surface area contributed by atoms with Crippen LogP contribution in [0.4, 0.5) is 0 Å². The lowest BCUT2D eigenvalue weighted by atomic mass is 10.2. The smallest absolute Gasteiger partial charge is 0.289 e. The van der Waals surface area contributed by atoms with E-state index in [1.54, 1.807) is 4.90 Å². The van der Waals surface area contributed by atoms with Crippen LogP contribution < -0.4 is 0 Å². The maximum atomic E-state index is 13.0. The highest BCUT2D eigenvalue weighted by Crippen LogP contribution is 2.17. The standard InChI is InChI=1S/C20H23N3O2/c1-15-7-5-9-17(21-15)13-23(14-18-10-6-8-16(2)22-18)20(24)19-11-3-4-12-25-19/h5-11H,3-4,12-14H2,1-2H3. The molecule has 0 aromatic carbocycles. The Morgan fingerprint density at radius 3 is 2.12 bits per heavy atom. The van der Waals surface area contributed by atoms with E-state index in [1.807, 2.05) is 56.3 Å². The molecule has 5 heteroatoms. The molecule has 0 unspecified atom stereocenters. The Morgan fingerprint density at radius 2 is 1.64 bits per heavy atom. The fourth-order valence-corrected chi connectivity index (χ4v) is 2.83. The van der Waals surface area contributed by atoms with Gasteiger partial charge in [0.2, 0.25) is 0 Å². The molecule has 1 aliphatic rings. The second-order valence-corrected chi connectivity index (χ2v) is 6.26. The number of hydrogen-bond acceptors (Lipinski definition) is 4. The van der Waals surface area contributed by atoms with Gasteiger partial charge >= 0.3 is 0 Å². The molecule has 1 amide bonds. The predicted molar refractivity (Wildman–Crippen MR) is 95.5 cm³/mol. The molecule has 0 saturated carbocycles. The number of carbonyl (C=O) groups is 1.